The van der Waals surface area contributed by atoms with Crippen LogP contribution < -0.4 is 9.47 Å². The molecule has 26 heavy (non-hydrogen) atoms. The van der Waals surface area contributed by atoms with E-state index in [2.05, 4.69) is 0 Å². The van der Waals surface area contributed by atoms with Gasteiger partial charge in [0.2, 0.25) is 0 Å². The van der Waals surface area contributed by atoms with Crippen molar-refractivity contribution in [3.05, 3.63) is 60.2 Å². The molecule has 138 valence electrons. The van der Waals surface area contributed by atoms with Gasteiger partial charge in [0.05, 0.1) is 6.61 Å². The summed E-state index contributed by atoms with van der Waals surface area (Å²) >= 11 is 0. The van der Waals surface area contributed by atoms with Crippen molar-refractivity contribution in [3.8, 4) is 11.5 Å². The first-order chi connectivity index (χ1) is 12.6. The number of hydrogen-bond acceptors (Lipinski definition) is 5. The van der Waals surface area contributed by atoms with Crippen molar-refractivity contribution < 1.29 is 23.8 Å². The lowest BCUT2D eigenvalue weighted by Gasteiger charge is -2.16. The van der Waals surface area contributed by atoms with E-state index in [1.807, 2.05) is 30.3 Å². The molecule has 2 aromatic carbocycles. The number of nitrogens with zero attached hydrogens (tertiary/aromatic N) is 1. The van der Waals surface area contributed by atoms with Crippen LogP contribution in [0.5, 0.6) is 11.5 Å². The lowest BCUT2D eigenvalue weighted by Crippen LogP contribution is -2.33. The van der Waals surface area contributed by atoms with Gasteiger partial charge in [-0.1, -0.05) is 18.2 Å². The van der Waals surface area contributed by atoms with Gasteiger partial charge < -0.3 is 19.1 Å². The maximum Gasteiger partial charge on any atom is 0.325 e. The van der Waals surface area contributed by atoms with Gasteiger partial charge in [0.1, 0.15) is 31.3 Å². The summed E-state index contributed by atoms with van der Waals surface area (Å²) in [6.07, 6.45) is 0. The fourth-order valence-corrected chi connectivity index (χ4v) is 2.22. The zero-order valence-corrected chi connectivity index (χ0v) is 15.0. The van der Waals surface area contributed by atoms with Crippen LogP contribution in [0.15, 0.2) is 54.6 Å². The number of esters is 1. The second kappa shape index (κ2) is 10.1. The number of amides is 1. The third-order valence-electron chi connectivity index (χ3n) is 3.48. The van der Waals surface area contributed by atoms with E-state index in [9.17, 15) is 9.59 Å². The molecule has 0 aliphatic carbocycles. The molecule has 2 rings (SSSR count). The van der Waals surface area contributed by atoms with Gasteiger partial charge in [0.15, 0.2) is 0 Å². The van der Waals surface area contributed by atoms with Crippen molar-refractivity contribution in [1.29, 1.82) is 0 Å². The first-order valence-corrected chi connectivity index (χ1v) is 8.42. The summed E-state index contributed by atoms with van der Waals surface area (Å²) in [5.41, 5.74) is 0.477. The predicted octanol–water partition coefficient (Wildman–Crippen LogP) is 2.78. The molecular weight excluding hydrogens is 334 g/mol. The zero-order chi connectivity index (χ0) is 18.8. The highest BCUT2D eigenvalue weighted by molar-refractivity contribution is 5.95. The van der Waals surface area contributed by atoms with Crippen LogP contribution in [-0.2, 0) is 9.53 Å². The fraction of sp³-hybridized carbons (Fsp3) is 0.300. The van der Waals surface area contributed by atoms with Crippen LogP contribution in [0, 0.1) is 0 Å². The molecule has 1 amide bonds. The lowest BCUT2D eigenvalue weighted by atomic mass is 10.2. The molecule has 0 radical (unpaired) electrons. The Kier molecular flexibility index (Phi) is 7.49. The Morgan fingerprint density at radius 2 is 1.46 bits per heavy atom. The summed E-state index contributed by atoms with van der Waals surface area (Å²) in [5, 5.41) is 0. The number of carbonyl (C=O) groups excluding carboxylic acids is 2. The van der Waals surface area contributed by atoms with Crippen LogP contribution in [0.1, 0.15) is 17.3 Å². The van der Waals surface area contributed by atoms with Gasteiger partial charge in [-0.3, -0.25) is 9.59 Å². The summed E-state index contributed by atoms with van der Waals surface area (Å²) < 4.78 is 16.0. The monoisotopic (exact) mass is 357 g/mol. The maximum absolute atomic E-state index is 12.3. The molecule has 0 heterocycles. The number of para-hydroxylation sites is 1. The van der Waals surface area contributed by atoms with E-state index >= 15 is 0 Å². The van der Waals surface area contributed by atoms with Crippen molar-refractivity contribution in [2.24, 2.45) is 0 Å². The third kappa shape index (κ3) is 6.12. The predicted molar refractivity (Wildman–Crippen MR) is 97.5 cm³/mol. The fourth-order valence-electron chi connectivity index (χ4n) is 2.22. The molecule has 0 unspecified atom stereocenters. The smallest absolute Gasteiger partial charge is 0.325 e. The van der Waals surface area contributed by atoms with Gasteiger partial charge in [0.25, 0.3) is 5.91 Å². The third-order valence-corrected chi connectivity index (χ3v) is 3.48. The van der Waals surface area contributed by atoms with Crippen molar-refractivity contribution >= 4 is 11.9 Å². The summed E-state index contributed by atoms with van der Waals surface area (Å²) in [4.78, 5) is 25.0. The van der Waals surface area contributed by atoms with Crippen LogP contribution >= 0.6 is 0 Å². The van der Waals surface area contributed by atoms with Crippen LogP contribution in [0.3, 0.4) is 0 Å². The molecule has 0 aliphatic rings. The second-order valence-corrected chi connectivity index (χ2v) is 5.50. The van der Waals surface area contributed by atoms with E-state index in [1.54, 1.807) is 38.2 Å². The van der Waals surface area contributed by atoms with Gasteiger partial charge in [-0.25, -0.2) is 0 Å². The molecule has 6 heteroatoms. The number of benzene rings is 2. The van der Waals surface area contributed by atoms with Crippen molar-refractivity contribution in [1.82, 2.24) is 4.90 Å². The first-order valence-electron chi connectivity index (χ1n) is 8.42. The zero-order valence-electron chi connectivity index (χ0n) is 15.0. The van der Waals surface area contributed by atoms with Gasteiger partial charge in [-0.15, -0.1) is 0 Å². The van der Waals surface area contributed by atoms with E-state index in [1.165, 1.54) is 4.90 Å². The van der Waals surface area contributed by atoms with Crippen LogP contribution in [0.25, 0.3) is 0 Å². The van der Waals surface area contributed by atoms with Gasteiger partial charge >= 0.3 is 5.97 Å². The highest BCUT2D eigenvalue weighted by Gasteiger charge is 2.15. The quantitative estimate of drug-likeness (QED) is 0.510. The normalized spacial score (nSPS) is 10.1. The average Bonchev–Trinajstić information content (AvgIpc) is 2.66. The first kappa shape index (κ1) is 19.3. The minimum atomic E-state index is -0.429. The highest BCUT2D eigenvalue weighted by Crippen LogP contribution is 2.14. The Labute approximate surface area is 153 Å². The summed E-state index contributed by atoms with van der Waals surface area (Å²) in [6.45, 7) is 2.75. The molecule has 2 aromatic rings. The molecular formula is C20H23NO5. The van der Waals surface area contributed by atoms with Crippen molar-refractivity contribution in [3.63, 3.8) is 0 Å². The summed E-state index contributed by atoms with van der Waals surface area (Å²) in [5.74, 6) is 0.756. The number of hydrogen-bond donors (Lipinski definition) is 0. The second-order valence-electron chi connectivity index (χ2n) is 5.50. The minimum Gasteiger partial charge on any atom is -0.490 e. The van der Waals surface area contributed by atoms with Gasteiger partial charge in [0, 0.05) is 12.6 Å². The molecule has 0 atom stereocenters. The molecule has 0 bridgehead atoms. The topological polar surface area (TPSA) is 65.1 Å². The lowest BCUT2D eigenvalue weighted by molar-refractivity contribution is -0.143. The number of likely N-dealkylation sites (N-methyl/N-ethyl adjacent to an activating group) is 1. The van der Waals surface area contributed by atoms with Crippen LogP contribution in [-0.4, -0.2) is 50.2 Å². The molecule has 0 N–H and O–H groups in total. The number of rotatable bonds is 9. The van der Waals surface area contributed by atoms with Crippen LogP contribution in [0.4, 0.5) is 0 Å². The Balaban J connectivity index is 1.78. The maximum atomic E-state index is 12.3. The van der Waals surface area contributed by atoms with E-state index in [0.717, 1.165) is 5.75 Å². The Bertz CT molecular complexity index is 700. The molecule has 0 saturated carbocycles. The largest absolute Gasteiger partial charge is 0.490 e. The van der Waals surface area contributed by atoms with E-state index in [0.29, 0.717) is 31.1 Å². The SMILES string of the molecule is CCOC(=O)CN(C)C(=O)c1ccc(OCCOc2ccccc2)cc1. The van der Waals surface area contributed by atoms with Crippen molar-refractivity contribution in [2.75, 3.05) is 33.4 Å². The molecule has 0 fully saturated rings. The number of ether oxygens (including phenoxy) is 3. The Morgan fingerprint density at radius 1 is 0.885 bits per heavy atom. The summed E-state index contributed by atoms with van der Waals surface area (Å²) in [7, 11) is 1.56. The standard InChI is InChI=1S/C20H23NO5/c1-3-24-19(22)15-21(2)20(23)16-9-11-18(12-10-16)26-14-13-25-17-7-5-4-6-8-17/h4-12H,3,13-15H2,1-2H3. The molecule has 0 aliphatic heterocycles. The number of carbonyl (C=O) groups is 2. The minimum absolute atomic E-state index is 0.0816. The van der Waals surface area contributed by atoms with Crippen LogP contribution in [0.2, 0.25) is 0 Å². The van der Waals surface area contributed by atoms with E-state index in [-0.39, 0.29) is 12.5 Å². The average molecular weight is 357 g/mol. The van der Waals surface area contributed by atoms with E-state index < -0.39 is 5.97 Å². The molecule has 0 spiro atoms. The van der Waals surface area contributed by atoms with Gasteiger partial charge in [-0.05, 0) is 43.3 Å². The molecule has 0 saturated heterocycles. The Morgan fingerprint density at radius 3 is 2.04 bits per heavy atom. The van der Waals surface area contributed by atoms with E-state index in [4.69, 9.17) is 14.2 Å². The van der Waals surface area contributed by atoms with Gasteiger partial charge in [-0.2, -0.15) is 0 Å². The summed E-state index contributed by atoms with van der Waals surface area (Å²) in [6, 6.07) is 16.3. The molecule has 0 aromatic heterocycles. The highest BCUT2D eigenvalue weighted by atomic mass is 16.5. The van der Waals surface area contributed by atoms with Crippen molar-refractivity contribution in [2.45, 2.75) is 6.92 Å². The molecule has 6 nitrogen and oxygen atoms in total. The Hall–Kier alpha value is -3.02.